The molecule has 0 bridgehead atoms. The Morgan fingerprint density at radius 1 is 1.06 bits per heavy atom. The van der Waals surface area contributed by atoms with Crippen LogP contribution in [0.4, 0.5) is 17.2 Å². The molecule has 10 nitrogen and oxygen atoms in total. The van der Waals surface area contributed by atoms with E-state index < -0.39 is 5.91 Å². The molecule has 3 aromatic carbocycles. The third kappa shape index (κ3) is 4.12. The number of hydrazine groups is 1. The van der Waals surface area contributed by atoms with Crippen LogP contribution in [0, 0.1) is 11.3 Å². The second kappa shape index (κ2) is 9.44. The molecule has 3 N–H and O–H groups in total. The Balaban J connectivity index is 1.57. The first kappa shape index (κ1) is 22.4. The molecule has 0 aliphatic rings. The van der Waals surface area contributed by atoms with Crippen LogP contribution in [0.2, 0.25) is 0 Å². The summed E-state index contributed by atoms with van der Waals surface area (Å²) in [7, 11) is 1.67. The maximum Gasteiger partial charge on any atom is 0.259 e. The van der Waals surface area contributed by atoms with Crippen molar-refractivity contribution in [2.75, 3.05) is 22.8 Å². The van der Waals surface area contributed by atoms with E-state index in [-0.39, 0.29) is 22.8 Å². The summed E-state index contributed by atoms with van der Waals surface area (Å²) in [5, 5.41) is 30.9. The fourth-order valence-electron chi connectivity index (χ4n) is 3.85. The molecule has 2 heterocycles. The van der Waals surface area contributed by atoms with Gasteiger partial charge in [0.2, 0.25) is 0 Å². The molecule has 5 aromatic rings. The van der Waals surface area contributed by atoms with Gasteiger partial charge < -0.3 is 10.4 Å². The molecule has 2 aromatic heterocycles. The maximum atomic E-state index is 13.1. The summed E-state index contributed by atoms with van der Waals surface area (Å²) >= 11 is 0. The van der Waals surface area contributed by atoms with Crippen molar-refractivity contribution < 1.29 is 9.90 Å². The zero-order chi connectivity index (χ0) is 25.1. The largest absolute Gasteiger partial charge is 0.505 e. The minimum Gasteiger partial charge on any atom is -0.505 e. The van der Waals surface area contributed by atoms with Crippen molar-refractivity contribution >= 4 is 33.9 Å². The number of phenolic OH excluding ortho intramolecular Hbond substituents is 1. The molecule has 1 amide bonds. The van der Waals surface area contributed by atoms with E-state index in [9.17, 15) is 15.2 Å². The maximum absolute atomic E-state index is 13.1. The fourth-order valence-corrected chi connectivity index (χ4v) is 3.85. The second-order valence-electron chi connectivity index (χ2n) is 7.81. The molecule has 0 spiro atoms. The van der Waals surface area contributed by atoms with Gasteiger partial charge in [-0.05, 0) is 29.7 Å². The van der Waals surface area contributed by atoms with Gasteiger partial charge in [0.25, 0.3) is 11.9 Å². The monoisotopic (exact) mass is 476 g/mol. The number of hydrogen-bond donors (Lipinski definition) is 3. The minimum absolute atomic E-state index is 0.0915. The number of hydrogen-bond acceptors (Lipinski definition) is 8. The first-order valence-electron chi connectivity index (χ1n) is 10.9. The summed E-state index contributed by atoms with van der Waals surface area (Å²) in [6.07, 6.45) is 4.55. The molecule has 0 atom stereocenters. The van der Waals surface area contributed by atoms with Crippen molar-refractivity contribution in [2.45, 2.75) is 0 Å². The third-order valence-electron chi connectivity index (χ3n) is 5.50. The normalized spacial score (nSPS) is 10.6. The van der Waals surface area contributed by atoms with E-state index in [2.05, 4.69) is 31.9 Å². The Bertz CT molecular complexity index is 1590. The van der Waals surface area contributed by atoms with Crippen molar-refractivity contribution in [1.29, 1.82) is 5.26 Å². The highest BCUT2D eigenvalue weighted by atomic mass is 16.3. The van der Waals surface area contributed by atoms with Gasteiger partial charge in [-0.1, -0.05) is 42.5 Å². The first-order chi connectivity index (χ1) is 17.6. The van der Waals surface area contributed by atoms with Gasteiger partial charge in [-0.3, -0.25) is 15.2 Å². The highest BCUT2D eigenvalue weighted by molar-refractivity contribution is 6.12. The smallest absolute Gasteiger partial charge is 0.259 e. The molecule has 0 saturated carbocycles. The van der Waals surface area contributed by atoms with Gasteiger partial charge in [0.1, 0.15) is 17.3 Å². The van der Waals surface area contributed by atoms with Gasteiger partial charge in [0, 0.05) is 30.5 Å². The highest BCUT2D eigenvalue weighted by Gasteiger charge is 2.23. The average Bonchev–Trinajstić information content (AvgIpc) is 3.35. The van der Waals surface area contributed by atoms with E-state index >= 15 is 0 Å². The number of rotatable bonds is 6. The summed E-state index contributed by atoms with van der Waals surface area (Å²) < 4.78 is 1.41. The lowest BCUT2D eigenvalue weighted by molar-refractivity contribution is 0.102. The number of aromatic hydroxyl groups is 1. The second-order valence-corrected chi connectivity index (χ2v) is 7.81. The predicted octanol–water partition coefficient (Wildman–Crippen LogP) is 4.11. The third-order valence-corrected chi connectivity index (χ3v) is 5.50. The number of phenols is 1. The summed E-state index contributed by atoms with van der Waals surface area (Å²) in [6, 6.07) is 21.8. The van der Waals surface area contributed by atoms with Crippen LogP contribution in [-0.4, -0.2) is 37.8 Å². The summed E-state index contributed by atoms with van der Waals surface area (Å²) in [5.74, 6) is -0.0795. The van der Waals surface area contributed by atoms with Gasteiger partial charge in [0.05, 0.1) is 11.8 Å². The van der Waals surface area contributed by atoms with Crippen LogP contribution in [0.1, 0.15) is 15.9 Å². The van der Waals surface area contributed by atoms with Crippen molar-refractivity contribution in [3.63, 3.8) is 0 Å². The Morgan fingerprint density at radius 3 is 2.53 bits per heavy atom. The van der Waals surface area contributed by atoms with Gasteiger partial charge in [0.15, 0.2) is 11.6 Å². The van der Waals surface area contributed by atoms with Gasteiger partial charge in [-0.2, -0.15) is 15.0 Å². The molecule has 0 fully saturated rings. The Hall–Kier alpha value is -5.43. The number of amides is 1. The molecule has 0 radical (unpaired) electrons. The zero-order valence-corrected chi connectivity index (χ0v) is 19.1. The number of benzene rings is 3. The van der Waals surface area contributed by atoms with Crippen LogP contribution < -0.4 is 15.8 Å². The summed E-state index contributed by atoms with van der Waals surface area (Å²) in [5.41, 5.74) is 4.39. The van der Waals surface area contributed by atoms with Crippen molar-refractivity contribution in [1.82, 2.24) is 19.7 Å². The number of nitrogens with one attached hydrogen (secondary N) is 2. The first-order valence-corrected chi connectivity index (χ1v) is 10.9. The minimum atomic E-state index is -0.462. The molecule has 0 aliphatic carbocycles. The fraction of sp³-hybridized carbons (Fsp3) is 0.0385. The van der Waals surface area contributed by atoms with Crippen molar-refractivity contribution in [3.8, 4) is 17.8 Å². The number of anilines is 3. The molecular weight excluding hydrogens is 456 g/mol. The number of fused-ring (bicyclic) bond motifs is 1. The van der Waals surface area contributed by atoms with E-state index in [1.165, 1.54) is 15.9 Å². The van der Waals surface area contributed by atoms with Gasteiger partial charge in [-0.25, -0.2) is 9.97 Å². The summed E-state index contributed by atoms with van der Waals surface area (Å²) in [6.45, 7) is 0. The highest BCUT2D eigenvalue weighted by Crippen LogP contribution is 2.37. The molecule has 0 aliphatic heterocycles. The number of nitriles is 1. The molecule has 5 rings (SSSR count). The summed E-state index contributed by atoms with van der Waals surface area (Å²) in [4.78, 5) is 21.5. The molecule has 10 heteroatoms. The standard InChI is InChI=1S/C26H20N8O2/c1-33(25-18(15-27)16-30-34(25)26-28-12-7-13-29-26)32-22-20-11-6-5-8-17(20)14-21(23(22)35)24(36)31-19-9-3-2-4-10-19/h2-14,16,32,35H,1H3,(H,31,36). The number of para-hydroxylation sites is 1. The molecule has 36 heavy (non-hydrogen) atoms. The van der Waals surface area contributed by atoms with Crippen LogP contribution in [0.25, 0.3) is 16.7 Å². The Labute approximate surface area is 206 Å². The van der Waals surface area contributed by atoms with Crippen LogP contribution in [-0.2, 0) is 0 Å². The average molecular weight is 477 g/mol. The number of nitrogens with zero attached hydrogens (tertiary/aromatic N) is 6. The van der Waals surface area contributed by atoms with Crippen LogP contribution in [0.5, 0.6) is 5.75 Å². The molecule has 0 unspecified atom stereocenters. The quantitative estimate of drug-likeness (QED) is 0.246. The van der Waals surface area contributed by atoms with Gasteiger partial charge >= 0.3 is 0 Å². The Morgan fingerprint density at radius 2 is 1.78 bits per heavy atom. The van der Waals surface area contributed by atoms with E-state index in [0.29, 0.717) is 22.6 Å². The zero-order valence-electron chi connectivity index (χ0n) is 19.1. The predicted molar refractivity (Wildman–Crippen MR) is 136 cm³/mol. The number of aromatic nitrogens is 4. The SMILES string of the molecule is CN(Nc1c(O)c(C(=O)Nc2ccccc2)cc2ccccc12)c1c(C#N)cnn1-c1ncccn1. The lowest BCUT2D eigenvalue weighted by Crippen LogP contribution is -2.28. The lowest BCUT2D eigenvalue weighted by atomic mass is 10.0. The van der Waals surface area contributed by atoms with Crippen LogP contribution in [0.3, 0.4) is 0 Å². The molecular formula is C26H20N8O2. The lowest BCUT2D eigenvalue weighted by Gasteiger charge is -2.24. The topological polar surface area (TPSA) is 132 Å². The Kier molecular flexibility index (Phi) is 5.86. The van der Waals surface area contributed by atoms with E-state index in [0.717, 1.165) is 5.39 Å². The van der Waals surface area contributed by atoms with E-state index in [1.807, 2.05) is 42.5 Å². The van der Waals surface area contributed by atoms with E-state index in [4.69, 9.17) is 0 Å². The van der Waals surface area contributed by atoms with Crippen LogP contribution >= 0.6 is 0 Å². The number of carbonyl (C=O) groups excluding carboxylic acids is 1. The van der Waals surface area contributed by atoms with Crippen molar-refractivity contribution in [2.24, 2.45) is 0 Å². The molecule has 176 valence electrons. The number of carbonyl (C=O) groups is 1. The molecule has 0 saturated heterocycles. The van der Waals surface area contributed by atoms with Crippen molar-refractivity contribution in [3.05, 3.63) is 96.4 Å². The van der Waals surface area contributed by atoms with E-state index in [1.54, 1.807) is 43.7 Å². The van der Waals surface area contributed by atoms with Crippen LogP contribution in [0.15, 0.2) is 85.3 Å². The van der Waals surface area contributed by atoms with Gasteiger partial charge in [-0.15, -0.1) is 0 Å².